The van der Waals surface area contributed by atoms with E-state index in [4.69, 9.17) is 0 Å². The van der Waals surface area contributed by atoms with Gasteiger partial charge in [-0.3, -0.25) is 14.9 Å². The van der Waals surface area contributed by atoms with Crippen LogP contribution in [0, 0.1) is 15.9 Å². The van der Waals surface area contributed by atoms with Gasteiger partial charge in [0.05, 0.1) is 17.9 Å². The van der Waals surface area contributed by atoms with Crippen LogP contribution >= 0.6 is 0 Å². The average Bonchev–Trinajstić information content (AvgIpc) is 2.52. The maximum absolute atomic E-state index is 13.2. The molecule has 0 aliphatic rings. The van der Waals surface area contributed by atoms with E-state index in [1.165, 1.54) is 23.1 Å². The standard InChI is InChI=1S/C17H17FN2O3/c1-2-19(12-14-7-3-4-9-16(14)20(22)23)17(21)11-13-6-5-8-15(18)10-13/h3-10H,2,11-12H2,1H3. The number of amides is 1. The van der Waals surface area contributed by atoms with Gasteiger partial charge in [0.25, 0.3) is 5.69 Å². The van der Waals surface area contributed by atoms with Crippen molar-refractivity contribution in [3.8, 4) is 0 Å². The quantitative estimate of drug-likeness (QED) is 0.606. The summed E-state index contributed by atoms with van der Waals surface area (Å²) < 4.78 is 13.2. The summed E-state index contributed by atoms with van der Waals surface area (Å²) in [7, 11) is 0. The van der Waals surface area contributed by atoms with E-state index in [0.29, 0.717) is 17.7 Å². The highest BCUT2D eigenvalue weighted by atomic mass is 19.1. The van der Waals surface area contributed by atoms with Crippen LogP contribution in [0.1, 0.15) is 18.1 Å². The van der Waals surface area contributed by atoms with E-state index in [-0.39, 0.29) is 24.6 Å². The molecule has 0 radical (unpaired) electrons. The number of para-hydroxylation sites is 1. The molecule has 2 aromatic carbocycles. The Morgan fingerprint density at radius 3 is 2.61 bits per heavy atom. The molecule has 0 aliphatic heterocycles. The predicted molar refractivity (Wildman–Crippen MR) is 84.3 cm³/mol. The number of nitrogens with zero attached hydrogens (tertiary/aromatic N) is 2. The fourth-order valence-corrected chi connectivity index (χ4v) is 2.34. The fraction of sp³-hybridized carbons (Fsp3) is 0.235. The highest BCUT2D eigenvalue weighted by Crippen LogP contribution is 2.20. The van der Waals surface area contributed by atoms with Gasteiger partial charge in [0, 0.05) is 18.2 Å². The van der Waals surface area contributed by atoms with Crippen LogP contribution in [-0.4, -0.2) is 22.3 Å². The fourth-order valence-electron chi connectivity index (χ4n) is 2.34. The molecule has 6 heteroatoms. The van der Waals surface area contributed by atoms with E-state index in [1.54, 1.807) is 37.3 Å². The summed E-state index contributed by atoms with van der Waals surface area (Å²) in [6.07, 6.45) is 0.0617. The van der Waals surface area contributed by atoms with Crippen molar-refractivity contribution in [2.75, 3.05) is 6.54 Å². The number of rotatable bonds is 6. The number of benzene rings is 2. The van der Waals surface area contributed by atoms with Crippen molar-refractivity contribution in [3.63, 3.8) is 0 Å². The average molecular weight is 316 g/mol. The molecule has 0 atom stereocenters. The van der Waals surface area contributed by atoms with E-state index < -0.39 is 10.7 Å². The Morgan fingerprint density at radius 2 is 1.96 bits per heavy atom. The SMILES string of the molecule is CCN(Cc1ccccc1[N+](=O)[O-])C(=O)Cc1cccc(F)c1. The first-order valence-corrected chi connectivity index (χ1v) is 7.25. The van der Waals surface area contributed by atoms with Crippen LogP contribution in [0.4, 0.5) is 10.1 Å². The number of carbonyl (C=O) groups is 1. The first-order valence-electron chi connectivity index (χ1n) is 7.25. The number of nitro groups is 1. The van der Waals surface area contributed by atoms with Crippen LogP contribution < -0.4 is 0 Å². The third kappa shape index (κ3) is 4.35. The van der Waals surface area contributed by atoms with Crippen molar-refractivity contribution in [2.24, 2.45) is 0 Å². The Hall–Kier alpha value is -2.76. The van der Waals surface area contributed by atoms with Crippen molar-refractivity contribution in [2.45, 2.75) is 19.9 Å². The van der Waals surface area contributed by atoms with Crippen molar-refractivity contribution in [1.29, 1.82) is 0 Å². The first kappa shape index (κ1) is 16.6. The molecule has 2 aromatic rings. The maximum atomic E-state index is 13.2. The second kappa shape index (κ2) is 7.49. The van der Waals surface area contributed by atoms with Gasteiger partial charge < -0.3 is 4.90 Å². The van der Waals surface area contributed by atoms with Gasteiger partial charge in [-0.15, -0.1) is 0 Å². The lowest BCUT2D eigenvalue weighted by molar-refractivity contribution is -0.385. The Labute approximate surface area is 133 Å². The summed E-state index contributed by atoms with van der Waals surface area (Å²) in [6, 6.07) is 12.2. The van der Waals surface area contributed by atoms with Crippen LogP contribution in [0.2, 0.25) is 0 Å². The Kier molecular flexibility index (Phi) is 5.41. The van der Waals surface area contributed by atoms with Crippen molar-refractivity contribution >= 4 is 11.6 Å². The van der Waals surface area contributed by atoms with Crippen molar-refractivity contribution in [1.82, 2.24) is 4.90 Å². The van der Waals surface area contributed by atoms with E-state index in [2.05, 4.69) is 0 Å². The van der Waals surface area contributed by atoms with Gasteiger partial charge in [0.2, 0.25) is 5.91 Å². The third-order valence-corrected chi connectivity index (χ3v) is 3.53. The molecule has 5 nitrogen and oxygen atoms in total. The number of hydrogen-bond acceptors (Lipinski definition) is 3. The molecular formula is C17H17FN2O3. The molecular weight excluding hydrogens is 299 g/mol. The van der Waals surface area contributed by atoms with Gasteiger partial charge in [-0.2, -0.15) is 0 Å². The molecule has 0 aromatic heterocycles. The largest absolute Gasteiger partial charge is 0.338 e. The highest BCUT2D eigenvalue weighted by molar-refractivity contribution is 5.78. The predicted octanol–water partition coefficient (Wildman–Crippen LogP) is 3.33. The second-order valence-electron chi connectivity index (χ2n) is 5.10. The van der Waals surface area contributed by atoms with Crippen LogP contribution in [0.5, 0.6) is 0 Å². The topological polar surface area (TPSA) is 63.4 Å². The molecule has 1 amide bonds. The minimum atomic E-state index is -0.458. The number of hydrogen-bond donors (Lipinski definition) is 0. The maximum Gasteiger partial charge on any atom is 0.274 e. The lowest BCUT2D eigenvalue weighted by atomic mass is 10.1. The summed E-state index contributed by atoms with van der Waals surface area (Å²) in [5, 5.41) is 11.1. The Bertz CT molecular complexity index is 718. The Balaban J connectivity index is 2.14. The van der Waals surface area contributed by atoms with E-state index >= 15 is 0 Å². The van der Waals surface area contributed by atoms with Crippen LogP contribution in [0.25, 0.3) is 0 Å². The zero-order chi connectivity index (χ0) is 16.8. The molecule has 0 fully saturated rings. The molecule has 0 aliphatic carbocycles. The zero-order valence-corrected chi connectivity index (χ0v) is 12.7. The molecule has 0 spiro atoms. The zero-order valence-electron chi connectivity index (χ0n) is 12.7. The van der Waals surface area contributed by atoms with Crippen LogP contribution in [0.15, 0.2) is 48.5 Å². The second-order valence-corrected chi connectivity index (χ2v) is 5.10. The molecule has 0 bridgehead atoms. The van der Waals surface area contributed by atoms with Gasteiger partial charge >= 0.3 is 0 Å². The monoisotopic (exact) mass is 316 g/mol. The molecule has 0 N–H and O–H groups in total. The van der Waals surface area contributed by atoms with Crippen molar-refractivity contribution in [3.05, 3.63) is 75.6 Å². The van der Waals surface area contributed by atoms with Crippen LogP contribution in [0.3, 0.4) is 0 Å². The summed E-state index contributed by atoms with van der Waals surface area (Å²) in [5.74, 6) is -0.590. The first-order chi connectivity index (χ1) is 11.0. The van der Waals surface area contributed by atoms with Gasteiger partial charge in [0.1, 0.15) is 5.82 Å². The van der Waals surface area contributed by atoms with Gasteiger partial charge in [-0.25, -0.2) is 4.39 Å². The molecule has 23 heavy (non-hydrogen) atoms. The highest BCUT2D eigenvalue weighted by Gasteiger charge is 2.18. The summed E-state index contributed by atoms with van der Waals surface area (Å²) in [4.78, 5) is 24.5. The molecule has 2 rings (SSSR count). The van der Waals surface area contributed by atoms with E-state index in [9.17, 15) is 19.3 Å². The molecule has 120 valence electrons. The summed E-state index contributed by atoms with van der Waals surface area (Å²) in [6.45, 7) is 2.38. The number of nitro benzene ring substituents is 1. The lowest BCUT2D eigenvalue weighted by Crippen LogP contribution is -2.31. The number of likely N-dealkylation sites (N-methyl/N-ethyl adjacent to an activating group) is 1. The van der Waals surface area contributed by atoms with Crippen LogP contribution in [-0.2, 0) is 17.8 Å². The lowest BCUT2D eigenvalue weighted by Gasteiger charge is -2.21. The van der Waals surface area contributed by atoms with E-state index in [0.717, 1.165) is 0 Å². The van der Waals surface area contributed by atoms with Gasteiger partial charge in [-0.1, -0.05) is 30.3 Å². The van der Waals surface area contributed by atoms with E-state index in [1.807, 2.05) is 0 Å². The minimum absolute atomic E-state index is 0.00972. The smallest absolute Gasteiger partial charge is 0.274 e. The van der Waals surface area contributed by atoms with Gasteiger partial charge in [0.15, 0.2) is 0 Å². The molecule has 0 unspecified atom stereocenters. The number of halogens is 1. The number of carbonyl (C=O) groups excluding carboxylic acids is 1. The Morgan fingerprint density at radius 1 is 1.22 bits per heavy atom. The summed E-state index contributed by atoms with van der Waals surface area (Å²) in [5.41, 5.74) is 1.05. The summed E-state index contributed by atoms with van der Waals surface area (Å²) >= 11 is 0. The molecule has 0 heterocycles. The minimum Gasteiger partial charge on any atom is -0.338 e. The molecule has 0 saturated carbocycles. The van der Waals surface area contributed by atoms with Gasteiger partial charge in [-0.05, 0) is 24.6 Å². The third-order valence-electron chi connectivity index (χ3n) is 3.53. The molecule has 0 saturated heterocycles. The normalized spacial score (nSPS) is 10.3. The van der Waals surface area contributed by atoms with Crippen molar-refractivity contribution < 1.29 is 14.1 Å².